The molecule has 1 aliphatic heterocycles. The second-order valence-electron chi connectivity index (χ2n) is 5.30. The average molecular weight is 296 g/mol. The van der Waals surface area contributed by atoms with Crippen molar-refractivity contribution in [1.29, 1.82) is 0 Å². The molecule has 0 aliphatic carbocycles. The Kier molecular flexibility index (Phi) is 4.65. The highest BCUT2D eigenvalue weighted by atomic mass is 35.5. The fourth-order valence-electron chi connectivity index (χ4n) is 2.62. The molecule has 1 unspecified atom stereocenters. The van der Waals surface area contributed by atoms with E-state index in [4.69, 9.17) is 16.7 Å². The van der Waals surface area contributed by atoms with Gasteiger partial charge in [-0.1, -0.05) is 11.6 Å². The van der Waals surface area contributed by atoms with Crippen LogP contribution in [0.15, 0.2) is 18.2 Å². The Morgan fingerprint density at radius 2 is 2.20 bits per heavy atom. The Balaban J connectivity index is 1.99. The molecule has 1 heterocycles. The SMILES string of the molecule is Cc1cc(Cl)ccc1C(=O)N1CCC(CCC(=O)O)C1. The van der Waals surface area contributed by atoms with Crippen LogP contribution in [0.3, 0.4) is 0 Å². The predicted octanol–water partition coefficient (Wildman–Crippen LogP) is 2.98. The van der Waals surface area contributed by atoms with E-state index in [1.807, 2.05) is 11.8 Å². The molecular formula is C15H18ClNO3. The molecule has 0 aromatic heterocycles. The number of benzene rings is 1. The lowest BCUT2D eigenvalue weighted by molar-refractivity contribution is -0.137. The molecule has 1 amide bonds. The quantitative estimate of drug-likeness (QED) is 0.929. The molecule has 0 saturated carbocycles. The van der Waals surface area contributed by atoms with E-state index >= 15 is 0 Å². The molecule has 0 bridgehead atoms. The van der Waals surface area contributed by atoms with Gasteiger partial charge in [-0.3, -0.25) is 9.59 Å². The highest BCUT2D eigenvalue weighted by Crippen LogP contribution is 2.24. The van der Waals surface area contributed by atoms with Crippen LogP contribution in [0.5, 0.6) is 0 Å². The summed E-state index contributed by atoms with van der Waals surface area (Å²) in [7, 11) is 0. The number of hydrogen-bond acceptors (Lipinski definition) is 2. The predicted molar refractivity (Wildman–Crippen MR) is 77.1 cm³/mol. The number of amides is 1. The van der Waals surface area contributed by atoms with E-state index < -0.39 is 5.97 Å². The maximum Gasteiger partial charge on any atom is 0.303 e. The van der Waals surface area contributed by atoms with Crippen molar-refractivity contribution in [2.75, 3.05) is 13.1 Å². The van der Waals surface area contributed by atoms with Crippen molar-refractivity contribution < 1.29 is 14.7 Å². The lowest BCUT2D eigenvalue weighted by atomic mass is 10.0. The van der Waals surface area contributed by atoms with Gasteiger partial charge < -0.3 is 10.0 Å². The number of carboxylic acid groups (broad SMARTS) is 1. The largest absolute Gasteiger partial charge is 0.481 e. The molecule has 0 radical (unpaired) electrons. The number of carboxylic acids is 1. The van der Waals surface area contributed by atoms with Crippen molar-refractivity contribution in [3.63, 3.8) is 0 Å². The summed E-state index contributed by atoms with van der Waals surface area (Å²) in [4.78, 5) is 24.8. The van der Waals surface area contributed by atoms with Gasteiger partial charge in [0, 0.05) is 30.1 Å². The van der Waals surface area contributed by atoms with Crippen LogP contribution < -0.4 is 0 Å². The standard InChI is InChI=1S/C15H18ClNO3/c1-10-8-12(16)3-4-13(10)15(20)17-7-6-11(9-17)2-5-14(18)19/h3-4,8,11H,2,5-7,9H2,1H3,(H,18,19). The average Bonchev–Trinajstić information content (AvgIpc) is 2.84. The summed E-state index contributed by atoms with van der Waals surface area (Å²) in [6, 6.07) is 5.26. The van der Waals surface area contributed by atoms with Gasteiger partial charge in [-0.2, -0.15) is 0 Å². The molecule has 1 atom stereocenters. The number of aryl methyl sites for hydroxylation is 1. The van der Waals surface area contributed by atoms with Gasteiger partial charge in [-0.05, 0) is 49.4 Å². The Labute approximate surface area is 123 Å². The molecule has 4 nitrogen and oxygen atoms in total. The van der Waals surface area contributed by atoms with Crippen molar-refractivity contribution in [1.82, 2.24) is 4.90 Å². The maximum absolute atomic E-state index is 12.4. The van der Waals surface area contributed by atoms with Gasteiger partial charge in [0.15, 0.2) is 0 Å². The number of rotatable bonds is 4. The third-order valence-corrected chi connectivity index (χ3v) is 3.99. The summed E-state index contributed by atoms with van der Waals surface area (Å²) in [6.07, 6.45) is 1.69. The first-order valence-corrected chi connectivity index (χ1v) is 7.12. The molecule has 5 heteroatoms. The first-order valence-electron chi connectivity index (χ1n) is 6.74. The van der Waals surface area contributed by atoms with Gasteiger partial charge in [0.1, 0.15) is 0 Å². The summed E-state index contributed by atoms with van der Waals surface area (Å²) >= 11 is 5.89. The van der Waals surface area contributed by atoms with E-state index in [1.54, 1.807) is 18.2 Å². The van der Waals surface area contributed by atoms with Crippen LogP contribution in [0.2, 0.25) is 5.02 Å². The third-order valence-electron chi connectivity index (χ3n) is 3.76. The fourth-order valence-corrected chi connectivity index (χ4v) is 2.84. The van der Waals surface area contributed by atoms with E-state index in [2.05, 4.69) is 0 Å². The van der Waals surface area contributed by atoms with Crippen LogP contribution in [-0.2, 0) is 4.79 Å². The minimum absolute atomic E-state index is 0.0111. The molecule has 1 N–H and O–H groups in total. The number of aliphatic carboxylic acids is 1. The van der Waals surface area contributed by atoms with Gasteiger partial charge in [0.05, 0.1) is 0 Å². The van der Waals surface area contributed by atoms with Gasteiger partial charge in [0.25, 0.3) is 5.91 Å². The number of likely N-dealkylation sites (tertiary alicyclic amines) is 1. The number of halogens is 1. The van der Waals surface area contributed by atoms with E-state index in [9.17, 15) is 9.59 Å². The van der Waals surface area contributed by atoms with Crippen molar-refractivity contribution in [2.24, 2.45) is 5.92 Å². The van der Waals surface area contributed by atoms with Gasteiger partial charge in [-0.15, -0.1) is 0 Å². The zero-order valence-electron chi connectivity index (χ0n) is 11.4. The summed E-state index contributed by atoms with van der Waals surface area (Å²) < 4.78 is 0. The van der Waals surface area contributed by atoms with Crippen LogP contribution >= 0.6 is 11.6 Å². The molecule has 0 spiro atoms. The van der Waals surface area contributed by atoms with Crippen LogP contribution in [0.4, 0.5) is 0 Å². The zero-order valence-corrected chi connectivity index (χ0v) is 12.2. The molecule has 108 valence electrons. The Hall–Kier alpha value is -1.55. The van der Waals surface area contributed by atoms with Gasteiger partial charge in [-0.25, -0.2) is 0 Å². The summed E-state index contributed by atoms with van der Waals surface area (Å²) in [5.41, 5.74) is 1.55. The van der Waals surface area contributed by atoms with Crippen LogP contribution in [0, 0.1) is 12.8 Å². The lowest BCUT2D eigenvalue weighted by Gasteiger charge is -2.18. The Morgan fingerprint density at radius 1 is 1.45 bits per heavy atom. The normalized spacial score (nSPS) is 18.3. The minimum Gasteiger partial charge on any atom is -0.481 e. The van der Waals surface area contributed by atoms with Crippen LogP contribution in [0.1, 0.15) is 35.2 Å². The lowest BCUT2D eigenvalue weighted by Crippen LogP contribution is -2.29. The molecule has 1 fully saturated rings. The zero-order chi connectivity index (χ0) is 14.7. The topological polar surface area (TPSA) is 57.6 Å². The molecular weight excluding hydrogens is 278 g/mol. The summed E-state index contributed by atoms with van der Waals surface area (Å²) in [5, 5.41) is 9.32. The van der Waals surface area contributed by atoms with E-state index in [-0.39, 0.29) is 12.3 Å². The first kappa shape index (κ1) is 14.9. The summed E-state index contributed by atoms with van der Waals surface area (Å²) in [5.74, 6) is -0.469. The number of hydrogen-bond donors (Lipinski definition) is 1. The number of carbonyl (C=O) groups is 2. The monoisotopic (exact) mass is 295 g/mol. The van der Waals surface area contributed by atoms with Crippen molar-refractivity contribution >= 4 is 23.5 Å². The third kappa shape index (κ3) is 3.51. The van der Waals surface area contributed by atoms with Gasteiger partial charge in [0.2, 0.25) is 0 Å². The maximum atomic E-state index is 12.4. The van der Waals surface area contributed by atoms with E-state index in [1.165, 1.54) is 0 Å². The second kappa shape index (κ2) is 6.27. The van der Waals surface area contributed by atoms with E-state index in [0.29, 0.717) is 36.0 Å². The molecule has 20 heavy (non-hydrogen) atoms. The van der Waals surface area contributed by atoms with Crippen molar-refractivity contribution in [2.45, 2.75) is 26.2 Å². The summed E-state index contributed by atoms with van der Waals surface area (Å²) in [6.45, 7) is 3.22. The van der Waals surface area contributed by atoms with Gasteiger partial charge >= 0.3 is 5.97 Å². The second-order valence-corrected chi connectivity index (χ2v) is 5.73. The van der Waals surface area contributed by atoms with Crippen molar-refractivity contribution in [3.05, 3.63) is 34.3 Å². The molecule has 1 aliphatic rings. The minimum atomic E-state index is -0.775. The highest BCUT2D eigenvalue weighted by molar-refractivity contribution is 6.30. The number of nitrogens with zero attached hydrogens (tertiary/aromatic N) is 1. The molecule has 1 saturated heterocycles. The first-order chi connectivity index (χ1) is 9.47. The molecule has 2 rings (SSSR count). The van der Waals surface area contributed by atoms with Crippen LogP contribution in [0.25, 0.3) is 0 Å². The number of carbonyl (C=O) groups excluding carboxylic acids is 1. The molecule has 1 aromatic carbocycles. The van der Waals surface area contributed by atoms with Crippen LogP contribution in [-0.4, -0.2) is 35.0 Å². The fraction of sp³-hybridized carbons (Fsp3) is 0.467. The molecule has 1 aromatic rings. The van der Waals surface area contributed by atoms with Crippen molar-refractivity contribution in [3.8, 4) is 0 Å². The van der Waals surface area contributed by atoms with E-state index in [0.717, 1.165) is 12.0 Å². The Morgan fingerprint density at radius 3 is 2.85 bits per heavy atom. The highest BCUT2D eigenvalue weighted by Gasteiger charge is 2.27. The smallest absolute Gasteiger partial charge is 0.303 e. The Bertz CT molecular complexity index is 530.